The average molecular weight is 350 g/mol. The Hall–Kier alpha value is -2.96. The van der Waals surface area contributed by atoms with Gasteiger partial charge in [-0.05, 0) is 24.5 Å². The summed E-state index contributed by atoms with van der Waals surface area (Å²) in [5, 5.41) is 0. The highest BCUT2D eigenvalue weighted by atomic mass is 16.5. The molecule has 1 aliphatic rings. The second-order valence-corrected chi connectivity index (χ2v) is 6.45. The number of piperidine rings is 1. The number of rotatable bonds is 5. The van der Waals surface area contributed by atoms with Gasteiger partial charge in [-0.2, -0.15) is 0 Å². The molecule has 134 valence electrons. The van der Waals surface area contributed by atoms with Gasteiger partial charge in [-0.25, -0.2) is 15.0 Å². The van der Waals surface area contributed by atoms with E-state index in [1.165, 1.54) is 5.56 Å². The van der Waals surface area contributed by atoms with Crippen LogP contribution < -0.4 is 9.64 Å². The second-order valence-electron chi connectivity index (χ2n) is 6.45. The first kappa shape index (κ1) is 16.5. The van der Waals surface area contributed by atoms with E-state index in [1.807, 2.05) is 24.7 Å². The number of nitrogens with zero attached hydrogens (tertiary/aromatic N) is 6. The third kappa shape index (κ3) is 3.37. The topological polar surface area (TPSA) is 69.0 Å². The molecule has 0 unspecified atom stereocenters. The van der Waals surface area contributed by atoms with Crippen molar-refractivity contribution in [1.82, 2.24) is 24.5 Å². The van der Waals surface area contributed by atoms with Gasteiger partial charge < -0.3 is 14.2 Å². The van der Waals surface area contributed by atoms with Gasteiger partial charge in [0.15, 0.2) is 5.82 Å². The van der Waals surface area contributed by atoms with Crippen molar-refractivity contribution in [3.05, 3.63) is 60.7 Å². The van der Waals surface area contributed by atoms with E-state index in [2.05, 4.69) is 35.5 Å². The summed E-state index contributed by atoms with van der Waals surface area (Å²) in [6.45, 7) is 2.60. The maximum atomic E-state index is 5.38. The molecule has 0 amide bonds. The molecule has 3 aromatic heterocycles. The van der Waals surface area contributed by atoms with Crippen LogP contribution in [0.1, 0.15) is 30.1 Å². The van der Waals surface area contributed by atoms with Crippen LogP contribution in [0.3, 0.4) is 0 Å². The molecule has 7 nitrogen and oxygen atoms in total. The van der Waals surface area contributed by atoms with Gasteiger partial charge in [0.1, 0.15) is 5.82 Å². The van der Waals surface area contributed by atoms with Crippen LogP contribution in [0.25, 0.3) is 0 Å². The number of hydrogen-bond donors (Lipinski definition) is 0. The van der Waals surface area contributed by atoms with Crippen molar-refractivity contribution < 1.29 is 4.74 Å². The summed E-state index contributed by atoms with van der Waals surface area (Å²) in [4.78, 5) is 19.9. The molecule has 0 radical (unpaired) electrons. The molecule has 0 saturated carbocycles. The highest BCUT2D eigenvalue weighted by Crippen LogP contribution is 2.31. The molecule has 0 bridgehead atoms. The fourth-order valence-corrected chi connectivity index (χ4v) is 3.56. The lowest BCUT2D eigenvalue weighted by Gasteiger charge is -2.33. The third-order valence-electron chi connectivity index (χ3n) is 4.75. The minimum absolute atomic E-state index is 0.349. The highest BCUT2D eigenvalue weighted by Gasteiger charge is 2.27. The predicted octanol–water partition coefficient (Wildman–Crippen LogP) is 2.51. The van der Waals surface area contributed by atoms with Crippen molar-refractivity contribution in [1.29, 1.82) is 0 Å². The van der Waals surface area contributed by atoms with E-state index in [1.54, 1.807) is 25.7 Å². The number of aromatic nitrogens is 5. The smallest absolute Gasteiger partial charge is 0.257 e. The SMILES string of the molecule is COc1nccnc1N1CCC[C@@H](c2nccn2Cc2cccnc2)C1. The van der Waals surface area contributed by atoms with Crippen molar-refractivity contribution in [3.63, 3.8) is 0 Å². The van der Waals surface area contributed by atoms with E-state index >= 15 is 0 Å². The van der Waals surface area contributed by atoms with Gasteiger partial charge in [-0.1, -0.05) is 6.07 Å². The summed E-state index contributed by atoms with van der Waals surface area (Å²) in [5.41, 5.74) is 1.18. The molecule has 0 spiro atoms. The zero-order chi connectivity index (χ0) is 17.8. The molecule has 0 aliphatic carbocycles. The Bertz CT molecular complexity index is 850. The van der Waals surface area contributed by atoms with Crippen LogP contribution in [0.15, 0.2) is 49.3 Å². The van der Waals surface area contributed by atoms with Crippen LogP contribution in [0.2, 0.25) is 0 Å². The Kier molecular flexibility index (Phi) is 4.77. The molecule has 1 atom stereocenters. The predicted molar refractivity (Wildman–Crippen MR) is 98.3 cm³/mol. The van der Waals surface area contributed by atoms with Crippen molar-refractivity contribution in [2.24, 2.45) is 0 Å². The summed E-state index contributed by atoms with van der Waals surface area (Å²) < 4.78 is 7.61. The molecule has 0 N–H and O–H groups in total. The van der Waals surface area contributed by atoms with Gasteiger partial charge in [-0.3, -0.25) is 4.98 Å². The maximum Gasteiger partial charge on any atom is 0.257 e. The summed E-state index contributed by atoms with van der Waals surface area (Å²) in [6.07, 6.45) is 13.2. The van der Waals surface area contributed by atoms with Crippen molar-refractivity contribution in [2.45, 2.75) is 25.3 Å². The number of pyridine rings is 1. The minimum Gasteiger partial charge on any atom is -0.478 e. The lowest BCUT2D eigenvalue weighted by molar-refractivity contribution is 0.390. The molecule has 7 heteroatoms. The van der Waals surface area contributed by atoms with E-state index in [0.29, 0.717) is 11.8 Å². The van der Waals surface area contributed by atoms with E-state index in [4.69, 9.17) is 4.74 Å². The number of hydrogen-bond acceptors (Lipinski definition) is 6. The molecule has 4 heterocycles. The van der Waals surface area contributed by atoms with Gasteiger partial charge in [0.25, 0.3) is 5.88 Å². The molecular formula is C19H22N6O. The van der Waals surface area contributed by atoms with Crippen LogP contribution in [-0.2, 0) is 6.54 Å². The van der Waals surface area contributed by atoms with E-state index < -0.39 is 0 Å². The Balaban J connectivity index is 1.55. The molecule has 1 fully saturated rings. The Morgan fingerprint density at radius 3 is 2.92 bits per heavy atom. The number of ether oxygens (including phenoxy) is 1. The van der Waals surface area contributed by atoms with Crippen molar-refractivity contribution in [3.8, 4) is 5.88 Å². The van der Waals surface area contributed by atoms with Crippen molar-refractivity contribution in [2.75, 3.05) is 25.1 Å². The number of imidazole rings is 1. The summed E-state index contributed by atoms with van der Waals surface area (Å²) >= 11 is 0. The van der Waals surface area contributed by atoms with Gasteiger partial charge >= 0.3 is 0 Å². The summed E-state index contributed by atoms with van der Waals surface area (Å²) in [5.74, 6) is 2.85. The zero-order valence-electron chi connectivity index (χ0n) is 14.8. The van der Waals surface area contributed by atoms with Gasteiger partial charge in [0.05, 0.1) is 13.7 Å². The molecule has 26 heavy (non-hydrogen) atoms. The third-order valence-corrected chi connectivity index (χ3v) is 4.75. The average Bonchev–Trinajstić information content (AvgIpc) is 3.17. The summed E-state index contributed by atoms with van der Waals surface area (Å²) in [6, 6.07) is 4.06. The van der Waals surface area contributed by atoms with Gasteiger partial charge in [-0.15, -0.1) is 0 Å². The quantitative estimate of drug-likeness (QED) is 0.704. The number of methoxy groups -OCH3 is 1. The van der Waals surface area contributed by atoms with Crippen LogP contribution >= 0.6 is 0 Å². The van der Waals surface area contributed by atoms with Gasteiger partial charge in [0.2, 0.25) is 0 Å². The van der Waals surface area contributed by atoms with E-state index in [9.17, 15) is 0 Å². The lowest BCUT2D eigenvalue weighted by atomic mass is 9.97. The second kappa shape index (κ2) is 7.51. The van der Waals surface area contributed by atoms with Gasteiger partial charge in [0, 0.05) is 56.2 Å². The molecule has 1 aliphatic heterocycles. The fourth-order valence-electron chi connectivity index (χ4n) is 3.56. The van der Waals surface area contributed by atoms with E-state index in [0.717, 1.165) is 44.1 Å². The first-order chi connectivity index (χ1) is 12.8. The van der Waals surface area contributed by atoms with Crippen LogP contribution in [0, 0.1) is 0 Å². The Morgan fingerprint density at radius 1 is 1.15 bits per heavy atom. The Labute approximate surface area is 152 Å². The monoisotopic (exact) mass is 350 g/mol. The van der Waals surface area contributed by atoms with Crippen LogP contribution in [0.4, 0.5) is 5.82 Å². The first-order valence-corrected chi connectivity index (χ1v) is 8.85. The molecule has 3 aromatic rings. The minimum atomic E-state index is 0.349. The summed E-state index contributed by atoms with van der Waals surface area (Å²) in [7, 11) is 1.63. The molecule has 0 aromatic carbocycles. The van der Waals surface area contributed by atoms with Crippen molar-refractivity contribution >= 4 is 5.82 Å². The van der Waals surface area contributed by atoms with Crippen LogP contribution in [-0.4, -0.2) is 44.7 Å². The maximum absolute atomic E-state index is 5.38. The highest BCUT2D eigenvalue weighted by molar-refractivity contribution is 5.48. The first-order valence-electron chi connectivity index (χ1n) is 8.85. The largest absolute Gasteiger partial charge is 0.478 e. The standard InChI is InChI=1S/C19H22N6O/c1-26-19-18(21-7-8-23-19)24-10-3-5-16(14-24)17-22-9-11-25(17)13-15-4-2-6-20-12-15/h2,4,6-9,11-12,16H,3,5,10,13-14H2,1H3/t16-/m1/s1. The normalized spacial score (nSPS) is 17.3. The molecular weight excluding hydrogens is 328 g/mol. The Morgan fingerprint density at radius 2 is 2.08 bits per heavy atom. The zero-order valence-corrected chi connectivity index (χ0v) is 14.8. The molecule has 1 saturated heterocycles. The lowest BCUT2D eigenvalue weighted by Crippen LogP contribution is -2.36. The number of anilines is 1. The van der Waals surface area contributed by atoms with E-state index in [-0.39, 0.29) is 0 Å². The fraction of sp³-hybridized carbons (Fsp3) is 0.368. The molecule has 4 rings (SSSR count). The van der Waals surface area contributed by atoms with Crippen LogP contribution in [0.5, 0.6) is 5.88 Å².